The molecule has 2 rings (SSSR count). The molecule has 0 spiro atoms. The van der Waals surface area contributed by atoms with Crippen LogP contribution in [0.25, 0.3) is 0 Å². The molecule has 0 aromatic heterocycles. The van der Waals surface area contributed by atoms with Gasteiger partial charge in [-0.1, -0.05) is 29.8 Å². The molecule has 15 heavy (non-hydrogen) atoms. The summed E-state index contributed by atoms with van der Waals surface area (Å²) < 4.78 is 0. The standard InChI is InChI=1S/C13H20N2/c1-10-3-2-4-12(7-10)13-6-5-11(8-14)9-15-13/h2-4,7,11,13,15H,5-6,8-9,14H2,1H3. The van der Waals surface area contributed by atoms with Crippen molar-refractivity contribution in [3.05, 3.63) is 35.4 Å². The van der Waals surface area contributed by atoms with E-state index >= 15 is 0 Å². The highest BCUT2D eigenvalue weighted by Crippen LogP contribution is 2.25. The van der Waals surface area contributed by atoms with Crippen LogP contribution < -0.4 is 11.1 Å². The summed E-state index contributed by atoms with van der Waals surface area (Å²) in [5, 5.41) is 3.58. The smallest absolute Gasteiger partial charge is 0.0320 e. The normalized spacial score (nSPS) is 26.5. The van der Waals surface area contributed by atoms with Crippen molar-refractivity contribution in [3.8, 4) is 0 Å². The minimum absolute atomic E-state index is 0.535. The van der Waals surface area contributed by atoms with Gasteiger partial charge in [0.05, 0.1) is 0 Å². The van der Waals surface area contributed by atoms with E-state index < -0.39 is 0 Å². The minimum Gasteiger partial charge on any atom is -0.330 e. The summed E-state index contributed by atoms with van der Waals surface area (Å²) >= 11 is 0. The summed E-state index contributed by atoms with van der Waals surface area (Å²) in [6, 6.07) is 9.32. The lowest BCUT2D eigenvalue weighted by Crippen LogP contribution is -2.36. The summed E-state index contributed by atoms with van der Waals surface area (Å²) in [4.78, 5) is 0. The Kier molecular flexibility index (Phi) is 3.39. The van der Waals surface area contributed by atoms with Gasteiger partial charge < -0.3 is 11.1 Å². The Morgan fingerprint density at radius 1 is 1.40 bits per heavy atom. The van der Waals surface area contributed by atoms with E-state index in [1.165, 1.54) is 24.0 Å². The molecule has 1 aromatic carbocycles. The van der Waals surface area contributed by atoms with Crippen LogP contribution in [0.4, 0.5) is 0 Å². The first-order chi connectivity index (χ1) is 7.29. The van der Waals surface area contributed by atoms with Crippen LogP contribution >= 0.6 is 0 Å². The lowest BCUT2D eigenvalue weighted by Gasteiger charge is -2.29. The van der Waals surface area contributed by atoms with E-state index in [1.807, 2.05) is 0 Å². The van der Waals surface area contributed by atoms with E-state index in [4.69, 9.17) is 5.73 Å². The zero-order valence-corrected chi connectivity index (χ0v) is 9.37. The Labute approximate surface area is 91.9 Å². The molecule has 2 nitrogen and oxygen atoms in total. The minimum atomic E-state index is 0.535. The fraction of sp³-hybridized carbons (Fsp3) is 0.538. The molecule has 3 N–H and O–H groups in total. The number of hydrogen-bond donors (Lipinski definition) is 2. The lowest BCUT2D eigenvalue weighted by molar-refractivity contribution is 0.320. The lowest BCUT2D eigenvalue weighted by atomic mass is 9.90. The van der Waals surface area contributed by atoms with Crippen molar-refractivity contribution in [1.82, 2.24) is 5.32 Å². The van der Waals surface area contributed by atoms with Crippen molar-refractivity contribution in [3.63, 3.8) is 0 Å². The van der Waals surface area contributed by atoms with Crippen LogP contribution in [0.2, 0.25) is 0 Å². The molecular formula is C13H20N2. The van der Waals surface area contributed by atoms with Crippen LogP contribution in [0.5, 0.6) is 0 Å². The number of benzene rings is 1. The quantitative estimate of drug-likeness (QED) is 0.773. The van der Waals surface area contributed by atoms with Gasteiger partial charge in [-0.2, -0.15) is 0 Å². The van der Waals surface area contributed by atoms with Crippen molar-refractivity contribution in [2.24, 2.45) is 11.7 Å². The second-order valence-corrected chi connectivity index (χ2v) is 4.55. The molecule has 82 valence electrons. The van der Waals surface area contributed by atoms with Crippen LogP contribution in [0.3, 0.4) is 0 Å². The number of hydrogen-bond acceptors (Lipinski definition) is 2. The fourth-order valence-corrected chi connectivity index (χ4v) is 2.29. The maximum Gasteiger partial charge on any atom is 0.0320 e. The highest BCUT2D eigenvalue weighted by Gasteiger charge is 2.20. The summed E-state index contributed by atoms with van der Waals surface area (Å²) in [5.74, 6) is 0.672. The Bertz CT molecular complexity index is 314. The van der Waals surface area contributed by atoms with Crippen molar-refractivity contribution >= 4 is 0 Å². The van der Waals surface area contributed by atoms with Crippen molar-refractivity contribution < 1.29 is 0 Å². The van der Waals surface area contributed by atoms with Crippen LogP contribution in [-0.2, 0) is 0 Å². The van der Waals surface area contributed by atoms with Crippen molar-refractivity contribution in [2.75, 3.05) is 13.1 Å². The SMILES string of the molecule is Cc1cccc(C2CCC(CN)CN2)c1. The number of aryl methyl sites for hydroxylation is 1. The highest BCUT2D eigenvalue weighted by molar-refractivity contribution is 5.25. The first-order valence-corrected chi connectivity index (χ1v) is 5.79. The molecule has 2 unspecified atom stereocenters. The maximum atomic E-state index is 5.67. The molecule has 0 saturated carbocycles. The summed E-state index contributed by atoms with van der Waals surface area (Å²) in [7, 11) is 0. The van der Waals surface area contributed by atoms with Crippen molar-refractivity contribution in [2.45, 2.75) is 25.8 Å². The van der Waals surface area contributed by atoms with Crippen LogP contribution in [0.15, 0.2) is 24.3 Å². The third-order valence-electron chi connectivity index (χ3n) is 3.29. The molecule has 2 heteroatoms. The molecule has 0 bridgehead atoms. The predicted octanol–water partition coefficient (Wildman–Crippen LogP) is 1.99. The van der Waals surface area contributed by atoms with Gasteiger partial charge in [-0.15, -0.1) is 0 Å². The topological polar surface area (TPSA) is 38.0 Å². The third-order valence-corrected chi connectivity index (χ3v) is 3.29. The average Bonchev–Trinajstić information content (AvgIpc) is 2.29. The summed E-state index contributed by atoms with van der Waals surface area (Å²) in [5.41, 5.74) is 8.44. The Balaban J connectivity index is 2.01. The van der Waals surface area contributed by atoms with Crippen molar-refractivity contribution in [1.29, 1.82) is 0 Å². The van der Waals surface area contributed by atoms with Gasteiger partial charge in [-0.3, -0.25) is 0 Å². The molecular weight excluding hydrogens is 184 g/mol. The zero-order valence-electron chi connectivity index (χ0n) is 9.37. The zero-order chi connectivity index (χ0) is 10.7. The van der Waals surface area contributed by atoms with Gasteiger partial charge in [-0.05, 0) is 44.3 Å². The van der Waals surface area contributed by atoms with E-state index in [9.17, 15) is 0 Å². The number of nitrogens with two attached hydrogens (primary N) is 1. The van der Waals surface area contributed by atoms with Crippen LogP contribution in [0, 0.1) is 12.8 Å². The molecule has 2 atom stereocenters. The molecule has 1 fully saturated rings. The Morgan fingerprint density at radius 2 is 2.27 bits per heavy atom. The summed E-state index contributed by atoms with van der Waals surface area (Å²) in [6.07, 6.45) is 2.47. The van der Waals surface area contributed by atoms with Gasteiger partial charge in [0.2, 0.25) is 0 Å². The third kappa shape index (κ3) is 2.58. The molecule has 0 radical (unpaired) electrons. The van der Waals surface area contributed by atoms with Gasteiger partial charge in [0, 0.05) is 6.04 Å². The van der Waals surface area contributed by atoms with E-state index in [1.54, 1.807) is 0 Å². The second-order valence-electron chi connectivity index (χ2n) is 4.55. The molecule has 0 aliphatic carbocycles. The Hall–Kier alpha value is -0.860. The van der Waals surface area contributed by atoms with E-state index in [0.29, 0.717) is 12.0 Å². The van der Waals surface area contributed by atoms with E-state index in [2.05, 4.69) is 36.5 Å². The number of nitrogens with one attached hydrogen (secondary N) is 1. The van der Waals surface area contributed by atoms with Gasteiger partial charge in [0.1, 0.15) is 0 Å². The molecule has 1 aliphatic rings. The maximum absolute atomic E-state index is 5.67. The van der Waals surface area contributed by atoms with Gasteiger partial charge in [0.15, 0.2) is 0 Å². The van der Waals surface area contributed by atoms with E-state index in [0.717, 1.165) is 13.1 Å². The van der Waals surface area contributed by atoms with Crippen LogP contribution in [0.1, 0.15) is 30.0 Å². The highest BCUT2D eigenvalue weighted by atomic mass is 14.9. The molecule has 1 saturated heterocycles. The van der Waals surface area contributed by atoms with Gasteiger partial charge in [0.25, 0.3) is 0 Å². The molecule has 1 aromatic rings. The first-order valence-electron chi connectivity index (χ1n) is 5.79. The molecule has 0 amide bonds. The number of piperidine rings is 1. The largest absolute Gasteiger partial charge is 0.330 e. The van der Waals surface area contributed by atoms with E-state index in [-0.39, 0.29) is 0 Å². The van der Waals surface area contributed by atoms with Gasteiger partial charge >= 0.3 is 0 Å². The summed E-state index contributed by atoms with van der Waals surface area (Å²) in [6.45, 7) is 4.03. The predicted molar refractivity (Wildman–Crippen MR) is 63.7 cm³/mol. The second kappa shape index (κ2) is 4.77. The molecule has 1 aliphatic heterocycles. The fourth-order valence-electron chi connectivity index (χ4n) is 2.29. The first kappa shape index (κ1) is 10.7. The monoisotopic (exact) mass is 204 g/mol. The Morgan fingerprint density at radius 3 is 2.87 bits per heavy atom. The average molecular weight is 204 g/mol. The molecule has 1 heterocycles. The number of rotatable bonds is 2. The van der Waals surface area contributed by atoms with Gasteiger partial charge in [-0.25, -0.2) is 0 Å². The van der Waals surface area contributed by atoms with Crippen LogP contribution in [-0.4, -0.2) is 13.1 Å².